The quantitative estimate of drug-likeness (QED) is 0.241. The van der Waals surface area contributed by atoms with Gasteiger partial charge < -0.3 is 19.5 Å². The predicted molar refractivity (Wildman–Crippen MR) is 140 cm³/mol. The lowest BCUT2D eigenvalue weighted by Crippen LogP contribution is -2.37. The van der Waals surface area contributed by atoms with Crippen LogP contribution >= 0.6 is 34.8 Å². The maximum absolute atomic E-state index is 13.2. The fourth-order valence-corrected chi connectivity index (χ4v) is 4.57. The molecular weight excluding hydrogens is 529 g/mol. The number of esters is 2. The van der Waals surface area contributed by atoms with Crippen LogP contribution in [-0.2, 0) is 23.8 Å². The molecule has 0 saturated heterocycles. The summed E-state index contributed by atoms with van der Waals surface area (Å²) in [6.45, 7) is 4.31. The third kappa shape index (κ3) is 6.56. The first-order chi connectivity index (χ1) is 17.3. The molecule has 1 aromatic heterocycles. The van der Waals surface area contributed by atoms with Gasteiger partial charge in [-0.3, -0.25) is 9.79 Å². The minimum atomic E-state index is -0.896. The zero-order valence-corrected chi connectivity index (χ0v) is 22.3. The number of carbonyl (C=O) groups is 2. The molecule has 0 amide bonds. The molecule has 0 saturated carbocycles. The highest BCUT2D eigenvalue weighted by molar-refractivity contribution is 6.42. The Morgan fingerprint density at radius 1 is 1.17 bits per heavy atom. The summed E-state index contributed by atoms with van der Waals surface area (Å²) in [7, 11) is 1.28. The number of pyridine rings is 1. The van der Waals surface area contributed by atoms with E-state index in [-0.39, 0.29) is 23.8 Å². The molecule has 3 rings (SSSR count). The molecule has 1 aromatic carbocycles. The van der Waals surface area contributed by atoms with Crippen LogP contribution < -0.4 is 5.32 Å². The zero-order valence-electron chi connectivity index (χ0n) is 20.0. The number of rotatable bonds is 10. The number of ether oxygens (including phenoxy) is 3. The van der Waals surface area contributed by atoms with Gasteiger partial charge in [0.15, 0.2) is 0 Å². The molecule has 2 unspecified atom stereocenters. The van der Waals surface area contributed by atoms with Gasteiger partial charge in [0.2, 0.25) is 0 Å². The van der Waals surface area contributed by atoms with Crippen LogP contribution in [0.25, 0.3) is 0 Å². The lowest BCUT2D eigenvalue weighted by atomic mass is 9.75. The first-order valence-electron chi connectivity index (χ1n) is 11.2. The largest absolute Gasteiger partial charge is 0.468 e. The number of nitrogens with one attached hydrogen (secondary N) is 1. The lowest BCUT2D eigenvalue weighted by Gasteiger charge is -2.32. The molecule has 2 heterocycles. The zero-order chi connectivity index (χ0) is 26.2. The topological polar surface area (TPSA) is 99.1 Å². The molecule has 1 N–H and O–H groups in total. The predicted octanol–water partition coefficient (Wildman–Crippen LogP) is 5.34. The summed E-state index contributed by atoms with van der Waals surface area (Å²) in [6, 6.07) is 8.53. The number of hydrogen-bond donors (Lipinski definition) is 1. The molecule has 11 heteroatoms. The maximum Gasteiger partial charge on any atom is 0.336 e. The molecule has 0 aliphatic carbocycles. The first-order valence-corrected chi connectivity index (χ1v) is 12.3. The Bertz CT molecular complexity index is 1190. The number of carbonyl (C=O) groups excluding carboxylic acids is 2. The minimum Gasteiger partial charge on any atom is -0.468 e. The van der Waals surface area contributed by atoms with Crippen LogP contribution in [0.15, 0.2) is 52.8 Å². The Balaban J connectivity index is 1.92. The van der Waals surface area contributed by atoms with Crippen LogP contribution in [0.2, 0.25) is 15.2 Å². The van der Waals surface area contributed by atoms with Gasteiger partial charge >= 0.3 is 11.9 Å². The second-order valence-electron chi connectivity index (χ2n) is 7.80. The second kappa shape index (κ2) is 13.1. The number of aromatic nitrogens is 1. The Morgan fingerprint density at radius 2 is 1.94 bits per heavy atom. The summed E-state index contributed by atoms with van der Waals surface area (Å²) < 4.78 is 16.2. The Kier molecular flexibility index (Phi) is 10.1. The average molecular weight is 555 g/mol. The summed E-state index contributed by atoms with van der Waals surface area (Å²) >= 11 is 18.7. The normalized spacial score (nSPS) is 17.4. The number of halogens is 3. The fourth-order valence-electron chi connectivity index (χ4n) is 3.97. The van der Waals surface area contributed by atoms with Crippen molar-refractivity contribution < 1.29 is 23.8 Å². The van der Waals surface area contributed by atoms with Gasteiger partial charge in [-0.2, -0.15) is 0 Å². The van der Waals surface area contributed by atoms with Crippen LogP contribution in [0, 0.1) is 5.92 Å². The SMILES string of the molecule is CCOC(=O)C1=C(COCCNc2ccnc(Cl)c2)N=C(C)C(C(=O)OC)C1c1cccc(Cl)c1Cl. The van der Waals surface area contributed by atoms with Crippen molar-refractivity contribution in [1.82, 2.24) is 4.98 Å². The molecule has 2 atom stereocenters. The van der Waals surface area contributed by atoms with E-state index < -0.39 is 23.8 Å². The number of benzene rings is 1. The number of methoxy groups -OCH3 is 1. The van der Waals surface area contributed by atoms with Crippen LogP contribution in [0.4, 0.5) is 5.69 Å². The highest BCUT2D eigenvalue weighted by atomic mass is 35.5. The molecule has 192 valence electrons. The van der Waals surface area contributed by atoms with Gasteiger partial charge in [0.25, 0.3) is 0 Å². The minimum absolute atomic E-state index is 0.00679. The van der Waals surface area contributed by atoms with E-state index in [0.29, 0.717) is 40.3 Å². The van der Waals surface area contributed by atoms with Crippen molar-refractivity contribution in [3.05, 3.63) is 68.6 Å². The third-order valence-electron chi connectivity index (χ3n) is 5.52. The van der Waals surface area contributed by atoms with Crippen molar-refractivity contribution in [2.24, 2.45) is 10.9 Å². The summed E-state index contributed by atoms with van der Waals surface area (Å²) in [4.78, 5) is 34.5. The van der Waals surface area contributed by atoms with Crippen LogP contribution in [0.5, 0.6) is 0 Å². The highest BCUT2D eigenvalue weighted by Gasteiger charge is 2.44. The standard InChI is InChI=1S/C25H26Cl3N3O5/c1-4-36-25(33)22-18(13-35-11-10-29-15-8-9-30-19(27)12-15)31-14(2)20(24(32)34-3)21(22)16-6-5-7-17(26)23(16)28/h5-9,12,20-21H,4,10-11,13H2,1-3H3,(H,29,30). The monoisotopic (exact) mass is 553 g/mol. The molecule has 8 nitrogen and oxygen atoms in total. The van der Waals surface area contributed by atoms with Gasteiger partial charge in [-0.05, 0) is 37.6 Å². The Hall–Kier alpha value is -2.65. The summed E-state index contributed by atoms with van der Waals surface area (Å²) in [5, 5.41) is 4.08. The van der Waals surface area contributed by atoms with Gasteiger partial charge in [-0.25, -0.2) is 9.78 Å². The van der Waals surface area contributed by atoms with Crippen molar-refractivity contribution in [3.8, 4) is 0 Å². The lowest BCUT2D eigenvalue weighted by molar-refractivity contribution is -0.144. The second-order valence-corrected chi connectivity index (χ2v) is 8.97. The summed E-state index contributed by atoms with van der Waals surface area (Å²) in [5.41, 5.74) is 2.27. The van der Waals surface area contributed by atoms with E-state index in [1.807, 2.05) is 0 Å². The first kappa shape index (κ1) is 27.9. The molecule has 2 aromatic rings. The van der Waals surface area contributed by atoms with Crippen LogP contribution in [0.3, 0.4) is 0 Å². The van der Waals surface area contributed by atoms with E-state index in [0.717, 1.165) is 5.69 Å². The summed E-state index contributed by atoms with van der Waals surface area (Å²) in [5.74, 6) is -2.89. The van der Waals surface area contributed by atoms with Gasteiger partial charge in [0, 0.05) is 30.1 Å². The van der Waals surface area contributed by atoms with Gasteiger partial charge in [0.1, 0.15) is 11.1 Å². The fraction of sp³-hybridized carbons (Fsp3) is 0.360. The molecular formula is C25H26Cl3N3O5. The van der Waals surface area contributed by atoms with Gasteiger partial charge in [0.05, 0.1) is 48.2 Å². The van der Waals surface area contributed by atoms with E-state index in [1.165, 1.54) is 7.11 Å². The van der Waals surface area contributed by atoms with Crippen LogP contribution in [-0.4, -0.2) is 56.1 Å². The van der Waals surface area contributed by atoms with Crippen molar-refractivity contribution in [3.63, 3.8) is 0 Å². The number of nitrogens with zero attached hydrogens (tertiary/aromatic N) is 2. The highest BCUT2D eigenvalue weighted by Crippen LogP contribution is 2.44. The average Bonchev–Trinajstić information content (AvgIpc) is 2.85. The van der Waals surface area contributed by atoms with Crippen molar-refractivity contribution in [2.75, 3.05) is 38.8 Å². The summed E-state index contributed by atoms with van der Waals surface area (Å²) in [6.07, 6.45) is 1.60. The molecule has 0 spiro atoms. The molecule has 0 bridgehead atoms. The van der Waals surface area contributed by atoms with Crippen molar-refractivity contribution >= 4 is 58.1 Å². The number of anilines is 1. The van der Waals surface area contributed by atoms with E-state index in [4.69, 9.17) is 49.0 Å². The van der Waals surface area contributed by atoms with Crippen molar-refractivity contribution in [2.45, 2.75) is 19.8 Å². The van der Waals surface area contributed by atoms with Gasteiger partial charge in [-0.15, -0.1) is 0 Å². The van der Waals surface area contributed by atoms with E-state index in [9.17, 15) is 9.59 Å². The molecule has 36 heavy (non-hydrogen) atoms. The Morgan fingerprint density at radius 3 is 2.64 bits per heavy atom. The molecule has 0 radical (unpaired) electrons. The van der Waals surface area contributed by atoms with E-state index in [1.54, 1.807) is 50.4 Å². The smallest absolute Gasteiger partial charge is 0.336 e. The molecule has 1 aliphatic rings. The van der Waals surface area contributed by atoms with Crippen LogP contribution in [0.1, 0.15) is 25.3 Å². The number of aliphatic imine (C=N–C) groups is 1. The van der Waals surface area contributed by atoms with Gasteiger partial charge in [-0.1, -0.05) is 46.9 Å². The van der Waals surface area contributed by atoms with E-state index in [2.05, 4.69) is 15.3 Å². The number of hydrogen-bond acceptors (Lipinski definition) is 8. The Labute approximate surface area is 224 Å². The molecule has 1 aliphatic heterocycles. The molecule has 0 fully saturated rings. The maximum atomic E-state index is 13.2. The van der Waals surface area contributed by atoms with E-state index >= 15 is 0 Å². The van der Waals surface area contributed by atoms with Crippen molar-refractivity contribution in [1.29, 1.82) is 0 Å². The third-order valence-corrected chi connectivity index (χ3v) is 6.56.